The first kappa shape index (κ1) is 17.5. The van der Waals surface area contributed by atoms with Gasteiger partial charge in [-0.2, -0.15) is 0 Å². The molecule has 0 amide bonds. The summed E-state index contributed by atoms with van der Waals surface area (Å²) in [6, 6.07) is 0. The van der Waals surface area contributed by atoms with E-state index in [0.717, 1.165) is 63.2 Å². The van der Waals surface area contributed by atoms with Crippen molar-refractivity contribution >= 4 is 18.8 Å². The Kier molecular flexibility index (Phi) is 6.62. The van der Waals surface area contributed by atoms with Crippen LogP contribution >= 0.6 is 18.8 Å². The van der Waals surface area contributed by atoms with Gasteiger partial charge in [0.05, 0.1) is 0 Å². The Labute approximate surface area is 131 Å². The first-order chi connectivity index (χ1) is 9.50. The third kappa shape index (κ3) is 5.39. The quantitative estimate of drug-likeness (QED) is 0.528. The van der Waals surface area contributed by atoms with Crippen molar-refractivity contribution in [2.75, 3.05) is 26.3 Å². The molecule has 0 radical (unpaired) electrons. The Morgan fingerprint density at radius 2 is 1.50 bits per heavy atom. The van der Waals surface area contributed by atoms with E-state index in [-0.39, 0.29) is 12.2 Å². The van der Waals surface area contributed by atoms with Crippen molar-refractivity contribution in [3.05, 3.63) is 0 Å². The van der Waals surface area contributed by atoms with Crippen LogP contribution in [0.5, 0.6) is 0 Å². The predicted molar refractivity (Wildman–Crippen MR) is 80.8 cm³/mol. The fraction of sp³-hybridized carbons (Fsp3) is 1.00. The van der Waals surface area contributed by atoms with Crippen LogP contribution in [-0.4, -0.2) is 38.5 Å². The summed E-state index contributed by atoms with van der Waals surface area (Å²) in [5.74, 6) is 0. The second kappa shape index (κ2) is 7.59. The molecule has 2 rings (SSSR count). The minimum absolute atomic E-state index is 0.260. The van der Waals surface area contributed by atoms with Crippen molar-refractivity contribution in [1.29, 1.82) is 0 Å². The molecule has 0 saturated carbocycles. The summed E-state index contributed by atoms with van der Waals surface area (Å²) in [6.45, 7) is 5.33. The number of hydrogen-bond donors (Lipinski definition) is 2. The molecule has 2 unspecified atom stereocenters. The van der Waals surface area contributed by atoms with E-state index in [1.165, 1.54) is 0 Å². The van der Waals surface area contributed by atoms with Gasteiger partial charge in [-0.25, -0.2) is 0 Å². The zero-order valence-corrected chi connectivity index (χ0v) is 15.9. The van der Waals surface area contributed by atoms with Crippen molar-refractivity contribution in [3.63, 3.8) is 0 Å². The standard InChI is InChI=1S/2C5H10NO.C3H7.2ClH.Pt/c2*6-4-5-2-1-3-7-5;1-3-2;;;/h2*5-6H,1-4H2;1,3H2,2H3;2*1H;/q2*-1;;;;+4/p-2. The molecule has 2 atom stereocenters. The SMILES string of the molecule is CC[CH2][Pt]([Cl])([Cl])([NH]CC1CCCO1)[NH]CC1CCCO1. The monoisotopic (exact) mass is 508 g/mol. The van der Waals surface area contributed by atoms with Gasteiger partial charge in [-0.3, -0.25) is 0 Å². The molecule has 4 nitrogen and oxygen atoms in total. The Bertz CT molecular complexity index is 285. The number of hydrogen-bond acceptors (Lipinski definition) is 4. The van der Waals surface area contributed by atoms with Gasteiger partial charge >= 0.3 is 132 Å². The van der Waals surface area contributed by atoms with Gasteiger partial charge in [0.1, 0.15) is 0 Å². The number of ether oxygens (including phenoxy) is 2. The van der Waals surface area contributed by atoms with Gasteiger partial charge in [0.2, 0.25) is 0 Å². The first-order valence-corrected chi connectivity index (χ1v) is 16.9. The Morgan fingerprint density at radius 3 is 1.85 bits per heavy atom. The molecule has 2 N–H and O–H groups in total. The van der Waals surface area contributed by atoms with Crippen LogP contribution in [0, 0.1) is 0 Å². The van der Waals surface area contributed by atoms with Crippen LogP contribution in [0.4, 0.5) is 0 Å². The summed E-state index contributed by atoms with van der Waals surface area (Å²) >= 11 is -3.75. The van der Waals surface area contributed by atoms with E-state index in [1.807, 2.05) is 0 Å². The third-order valence-electron chi connectivity index (χ3n) is 3.51. The van der Waals surface area contributed by atoms with Crippen LogP contribution in [0.15, 0.2) is 0 Å². The second-order valence-corrected chi connectivity index (χ2v) is 23.1. The summed E-state index contributed by atoms with van der Waals surface area (Å²) < 4.78 is 18.2. The van der Waals surface area contributed by atoms with Crippen LogP contribution in [-0.2, 0) is 22.7 Å². The van der Waals surface area contributed by atoms with E-state index in [1.54, 1.807) is 0 Å². The molecule has 2 saturated heterocycles. The molecule has 0 aromatic heterocycles. The van der Waals surface area contributed by atoms with Crippen molar-refractivity contribution < 1.29 is 22.7 Å². The fourth-order valence-electron chi connectivity index (χ4n) is 2.44. The first-order valence-electron chi connectivity index (χ1n) is 7.37. The zero-order valence-electron chi connectivity index (χ0n) is 12.1. The summed E-state index contributed by atoms with van der Waals surface area (Å²) in [6.07, 6.45) is 5.96. The number of nitrogens with one attached hydrogen (secondary N) is 2. The van der Waals surface area contributed by atoms with Crippen molar-refractivity contribution in [2.45, 2.75) is 56.0 Å². The molecule has 0 aromatic carbocycles. The normalized spacial score (nSPS) is 29.4. The van der Waals surface area contributed by atoms with E-state index in [2.05, 4.69) is 14.7 Å². The van der Waals surface area contributed by atoms with Crippen LogP contribution in [0.3, 0.4) is 0 Å². The Hall–Kier alpha value is 1.11. The molecule has 0 bridgehead atoms. The molecule has 7 heteroatoms. The molecular weight excluding hydrogens is 482 g/mol. The van der Waals surface area contributed by atoms with Gasteiger partial charge in [0, 0.05) is 0 Å². The van der Waals surface area contributed by atoms with Crippen molar-refractivity contribution in [1.82, 2.24) is 7.75 Å². The minimum atomic E-state index is -3.75. The summed E-state index contributed by atoms with van der Waals surface area (Å²) in [7, 11) is 13.7. The van der Waals surface area contributed by atoms with E-state index >= 15 is 0 Å². The molecule has 2 heterocycles. The Balaban J connectivity index is 1.85. The average molecular weight is 509 g/mol. The number of rotatable bonds is 8. The average Bonchev–Trinajstić information content (AvgIpc) is 3.08. The van der Waals surface area contributed by atoms with E-state index in [0.29, 0.717) is 0 Å². The summed E-state index contributed by atoms with van der Waals surface area (Å²) in [4.78, 5) is 0.814. The van der Waals surface area contributed by atoms with Gasteiger partial charge in [-0.05, 0) is 0 Å². The Morgan fingerprint density at radius 1 is 1.00 bits per heavy atom. The maximum atomic E-state index is 6.87. The van der Waals surface area contributed by atoms with Crippen LogP contribution < -0.4 is 7.75 Å². The molecule has 2 aliphatic heterocycles. The second-order valence-electron chi connectivity index (χ2n) is 5.32. The molecule has 125 valence electrons. The zero-order chi connectivity index (χ0) is 14.5. The fourth-order valence-corrected chi connectivity index (χ4v) is 11.9. The summed E-state index contributed by atoms with van der Waals surface area (Å²) in [5.41, 5.74) is 0. The predicted octanol–water partition coefficient (Wildman–Crippen LogP) is 3.18. The van der Waals surface area contributed by atoms with E-state index < -0.39 is 13.2 Å². The van der Waals surface area contributed by atoms with E-state index in [9.17, 15) is 0 Å². The van der Waals surface area contributed by atoms with Gasteiger partial charge in [0.25, 0.3) is 0 Å². The molecule has 20 heavy (non-hydrogen) atoms. The molecule has 0 aromatic rings. The van der Waals surface area contributed by atoms with Gasteiger partial charge in [-0.15, -0.1) is 0 Å². The third-order valence-corrected chi connectivity index (χ3v) is 15.4. The molecule has 0 aliphatic carbocycles. The summed E-state index contributed by atoms with van der Waals surface area (Å²) in [5, 5.41) is 0. The van der Waals surface area contributed by atoms with Gasteiger partial charge in [-0.1, -0.05) is 0 Å². The molecule has 2 aliphatic rings. The molecule has 0 spiro atoms. The van der Waals surface area contributed by atoms with Crippen LogP contribution in [0.2, 0.25) is 4.81 Å². The topological polar surface area (TPSA) is 42.5 Å². The molecule has 2 fully saturated rings. The number of halogens is 2. The van der Waals surface area contributed by atoms with Crippen LogP contribution in [0.1, 0.15) is 39.0 Å². The van der Waals surface area contributed by atoms with Gasteiger partial charge < -0.3 is 0 Å². The van der Waals surface area contributed by atoms with Crippen molar-refractivity contribution in [3.8, 4) is 0 Å². The van der Waals surface area contributed by atoms with E-state index in [4.69, 9.17) is 28.3 Å². The maximum absolute atomic E-state index is 6.87. The van der Waals surface area contributed by atoms with Crippen LogP contribution in [0.25, 0.3) is 0 Å². The van der Waals surface area contributed by atoms with Crippen molar-refractivity contribution in [2.24, 2.45) is 0 Å². The van der Waals surface area contributed by atoms with Gasteiger partial charge in [0.15, 0.2) is 0 Å². The molecular formula is C13H27Cl2N2O2Pt.